The van der Waals surface area contributed by atoms with Crippen LogP contribution in [0.4, 0.5) is 5.69 Å². The molecule has 2 amide bonds. The molecule has 1 aliphatic carbocycles. The van der Waals surface area contributed by atoms with Crippen molar-refractivity contribution in [3.8, 4) is 0 Å². The van der Waals surface area contributed by atoms with E-state index in [0.29, 0.717) is 29.7 Å². The molecule has 0 heterocycles. The minimum Gasteiger partial charge on any atom is -0.353 e. The molecule has 0 aromatic heterocycles. The molecule has 0 saturated heterocycles. The van der Waals surface area contributed by atoms with Crippen molar-refractivity contribution in [2.45, 2.75) is 32.2 Å². The van der Waals surface area contributed by atoms with Gasteiger partial charge in [-0.25, -0.2) is 0 Å². The van der Waals surface area contributed by atoms with Gasteiger partial charge in [-0.15, -0.1) is 0 Å². The molecule has 1 aromatic rings. The summed E-state index contributed by atoms with van der Waals surface area (Å²) in [5, 5.41) is 9.24. The maximum absolute atomic E-state index is 11.8. The van der Waals surface area contributed by atoms with Gasteiger partial charge in [0.15, 0.2) is 0 Å². The Hall–Kier alpha value is -1.59. The smallest absolute Gasteiger partial charge is 0.238 e. The number of amides is 2. The van der Waals surface area contributed by atoms with Crippen LogP contribution in [0, 0.1) is 6.92 Å². The van der Waals surface area contributed by atoms with Gasteiger partial charge < -0.3 is 16.0 Å². The van der Waals surface area contributed by atoms with Crippen LogP contribution in [0.15, 0.2) is 18.2 Å². The van der Waals surface area contributed by atoms with Crippen molar-refractivity contribution in [3.05, 3.63) is 28.8 Å². The molecule has 1 fully saturated rings. The number of carbonyl (C=O) groups is 2. The number of hydrogen-bond donors (Lipinski definition) is 3. The van der Waals surface area contributed by atoms with E-state index in [1.165, 1.54) is 0 Å². The Bertz CT molecular complexity index is 530. The van der Waals surface area contributed by atoms with Gasteiger partial charge in [-0.05, 0) is 37.5 Å². The van der Waals surface area contributed by atoms with E-state index >= 15 is 0 Å². The fourth-order valence-electron chi connectivity index (χ4n) is 1.85. The van der Waals surface area contributed by atoms with Gasteiger partial charge in [0.05, 0.1) is 6.54 Å². The molecular weight excluding hydrogens is 290 g/mol. The molecule has 2 rings (SSSR count). The first-order chi connectivity index (χ1) is 10.0. The van der Waals surface area contributed by atoms with Crippen molar-refractivity contribution < 1.29 is 9.59 Å². The van der Waals surface area contributed by atoms with Gasteiger partial charge in [0.2, 0.25) is 11.8 Å². The predicted octanol–water partition coefficient (Wildman–Crippen LogP) is 1.85. The zero-order valence-electron chi connectivity index (χ0n) is 12.0. The molecule has 21 heavy (non-hydrogen) atoms. The van der Waals surface area contributed by atoms with Gasteiger partial charge in [-0.3, -0.25) is 9.59 Å². The number of halogens is 1. The van der Waals surface area contributed by atoms with E-state index in [0.717, 1.165) is 18.4 Å². The zero-order valence-corrected chi connectivity index (χ0v) is 12.8. The summed E-state index contributed by atoms with van der Waals surface area (Å²) in [6, 6.07) is 5.74. The van der Waals surface area contributed by atoms with Gasteiger partial charge in [0, 0.05) is 29.7 Å². The lowest BCUT2D eigenvalue weighted by atomic mass is 10.2. The van der Waals surface area contributed by atoms with Gasteiger partial charge >= 0.3 is 0 Å². The Morgan fingerprint density at radius 1 is 1.29 bits per heavy atom. The lowest BCUT2D eigenvalue weighted by molar-refractivity contribution is -0.121. The largest absolute Gasteiger partial charge is 0.353 e. The van der Waals surface area contributed by atoms with Crippen LogP contribution in [0.2, 0.25) is 5.02 Å². The summed E-state index contributed by atoms with van der Waals surface area (Å²) in [7, 11) is 0. The maximum atomic E-state index is 11.8. The number of hydrogen-bond acceptors (Lipinski definition) is 3. The number of rotatable bonds is 7. The monoisotopic (exact) mass is 309 g/mol. The van der Waals surface area contributed by atoms with E-state index in [2.05, 4.69) is 16.0 Å². The summed E-state index contributed by atoms with van der Waals surface area (Å²) < 4.78 is 0. The quantitative estimate of drug-likeness (QED) is 0.673. The lowest BCUT2D eigenvalue weighted by Crippen LogP contribution is -2.33. The average Bonchev–Trinajstić information content (AvgIpc) is 3.23. The first kappa shape index (κ1) is 15.8. The molecule has 1 aromatic carbocycles. The van der Waals surface area contributed by atoms with Gasteiger partial charge in [0.1, 0.15) is 0 Å². The average molecular weight is 310 g/mol. The molecule has 0 spiro atoms. The van der Waals surface area contributed by atoms with Crippen molar-refractivity contribution in [2.24, 2.45) is 0 Å². The van der Waals surface area contributed by atoms with Crippen molar-refractivity contribution in [2.75, 3.05) is 18.4 Å². The summed E-state index contributed by atoms with van der Waals surface area (Å²) in [4.78, 5) is 23.2. The fourth-order valence-corrected chi connectivity index (χ4v) is 2.03. The highest BCUT2D eigenvalue weighted by Crippen LogP contribution is 2.20. The van der Waals surface area contributed by atoms with E-state index in [-0.39, 0.29) is 18.4 Å². The van der Waals surface area contributed by atoms with E-state index in [1.807, 2.05) is 13.0 Å². The predicted molar refractivity (Wildman–Crippen MR) is 83.5 cm³/mol. The van der Waals surface area contributed by atoms with E-state index < -0.39 is 0 Å². The topological polar surface area (TPSA) is 70.2 Å². The molecule has 5 nitrogen and oxygen atoms in total. The van der Waals surface area contributed by atoms with E-state index in [1.54, 1.807) is 12.1 Å². The minimum atomic E-state index is -0.150. The van der Waals surface area contributed by atoms with Crippen molar-refractivity contribution >= 4 is 29.1 Å². The second-order valence-electron chi connectivity index (χ2n) is 5.28. The molecule has 3 N–H and O–H groups in total. The third-order valence-corrected chi connectivity index (χ3v) is 3.47. The molecule has 0 radical (unpaired) electrons. The van der Waals surface area contributed by atoms with Gasteiger partial charge in [0.25, 0.3) is 0 Å². The first-order valence-corrected chi connectivity index (χ1v) is 7.48. The minimum absolute atomic E-state index is 0.0380. The normalized spacial score (nSPS) is 13.8. The lowest BCUT2D eigenvalue weighted by Gasteiger charge is -2.09. The van der Waals surface area contributed by atoms with Crippen LogP contribution >= 0.6 is 11.6 Å². The maximum Gasteiger partial charge on any atom is 0.238 e. The summed E-state index contributed by atoms with van der Waals surface area (Å²) in [5.41, 5.74) is 1.66. The van der Waals surface area contributed by atoms with Crippen LogP contribution in [0.3, 0.4) is 0 Å². The Morgan fingerprint density at radius 2 is 2.05 bits per heavy atom. The molecule has 1 aliphatic rings. The van der Waals surface area contributed by atoms with Crippen molar-refractivity contribution in [1.82, 2.24) is 10.6 Å². The highest BCUT2D eigenvalue weighted by molar-refractivity contribution is 6.31. The highest BCUT2D eigenvalue weighted by atomic mass is 35.5. The van der Waals surface area contributed by atoms with Gasteiger partial charge in [-0.2, -0.15) is 0 Å². The molecule has 0 bridgehead atoms. The summed E-state index contributed by atoms with van der Waals surface area (Å²) in [6.45, 7) is 2.56. The molecular formula is C15H20ClN3O2. The van der Waals surface area contributed by atoms with E-state index in [4.69, 9.17) is 11.6 Å². The van der Waals surface area contributed by atoms with Crippen LogP contribution in [0.5, 0.6) is 0 Å². The zero-order chi connectivity index (χ0) is 15.2. The van der Waals surface area contributed by atoms with Crippen LogP contribution < -0.4 is 16.0 Å². The Labute approximate surface area is 129 Å². The standard InChI is InChI=1S/C15H20ClN3O2/c1-10-2-3-11(16)8-13(10)19-15(21)9-17-7-6-14(20)18-12-4-5-12/h2-3,8,12,17H,4-7,9H2,1H3,(H,18,20)(H,19,21). The highest BCUT2D eigenvalue weighted by Gasteiger charge is 2.22. The molecule has 1 saturated carbocycles. The second-order valence-corrected chi connectivity index (χ2v) is 5.71. The number of anilines is 1. The Balaban J connectivity index is 1.64. The van der Waals surface area contributed by atoms with Crippen LogP contribution in [0.25, 0.3) is 0 Å². The number of nitrogens with one attached hydrogen (secondary N) is 3. The molecule has 0 aliphatic heterocycles. The SMILES string of the molecule is Cc1ccc(Cl)cc1NC(=O)CNCCC(=O)NC1CC1. The summed E-state index contributed by atoms with van der Waals surface area (Å²) in [5.74, 6) is -0.112. The van der Waals surface area contributed by atoms with Crippen LogP contribution in [-0.4, -0.2) is 30.9 Å². The van der Waals surface area contributed by atoms with Crippen LogP contribution in [0.1, 0.15) is 24.8 Å². The summed E-state index contributed by atoms with van der Waals surface area (Å²) in [6.07, 6.45) is 2.56. The molecule has 6 heteroatoms. The number of carbonyl (C=O) groups excluding carboxylic acids is 2. The number of aryl methyl sites for hydroxylation is 1. The van der Waals surface area contributed by atoms with Gasteiger partial charge in [-0.1, -0.05) is 17.7 Å². The first-order valence-electron chi connectivity index (χ1n) is 7.10. The molecule has 0 atom stereocenters. The van der Waals surface area contributed by atoms with Crippen LogP contribution in [-0.2, 0) is 9.59 Å². The van der Waals surface area contributed by atoms with E-state index in [9.17, 15) is 9.59 Å². The Kier molecular flexibility index (Phi) is 5.59. The van der Waals surface area contributed by atoms with Crippen molar-refractivity contribution in [3.63, 3.8) is 0 Å². The third-order valence-electron chi connectivity index (χ3n) is 3.23. The summed E-state index contributed by atoms with van der Waals surface area (Å²) >= 11 is 5.90. The molecule has 114 valence electrons. The third kappa shape index (κ3) is 5.73. The van der Waals surface area contributed by atoms with Crippen molar-refractivity contribution in [1.29, 1.82) is 0 Å². The molecule has 0 unspecified atom stereocenters. The fraction of sp³-hybridized carbons (Fsp3) is 0.467. The second kappa shape index (κ2) is 7.43. The number of benzene rings is 1. The Morgan fingerprint density at radius 3 is 2.76 bits per heavy atom.